The Labute approximate surface area is 138 Å². The lowest BCUT2D eigenvalue weighted by molar-refractivity contribution is -0.118. The van der Waals surface area contributed by atoms with Gasteiger partial charge in [0.25, 0.3) is 5.91 Å². The second-order valence-corrected chi connectivity index (χ2v) is 5.37. The number of hydrogen-bond donors (Lipinski definition) is 1. The van der Waals surface area contributed by atoms with Crippen LogP contribution in [0.3, 0.4) is 0 Å². The van der Waals surface area contributed by atoms with Crippen molar-refractivity contribution in [2.24, 2.45) is 0 Å². The Balaban J connectivity index is 1.64. The minimum absolute atomic E-state index is 0.148. The maximum Gasteiger partial charge on any atom is 0.276 e. The Bertz CT molecular complexity index is 730. The van der Waals surface area contributed by atoms with Crippen LogP contribution in [0.15, 0.2) is 36.4 Å². The smallest absolute Gasteiger partial charge is 0.276 e. The molecule has 24 heavy (non-hydrogen) atoms. The molecule has 0 bridgehead atoms. The second-order valence-electron chi connectivity index (χ2n) is 5.37. The topological polar surface area (TPSA) is 78.4 Å². The number of nitrogens with one attached hydrogen (secondary N) is 1. The van der Waals surface area contributed by atoms with Crippen molar-refractivity contribution in [2.45, 2.75) is 0 Å². The van der Waals surface area contributed by atoms with Gasteiger partial charge in [0, 0.05) is 31.9 Å². The molecule has 0 atom stereocenters. The van der Waals surface area contributed by atoms with E-state index in [0.717, 1.165) is 6.41 Å². The maximum absolute atomic E-state index is 13.1. The molecule has 1 fully saturated rings. The van der Waals surface area contributed by atoms with Gasteiger partial charge in [-0.05, 0) is 30.3 Å². The Hall–Kier alpha value is -3.03. The van der Waals surface area contributed by atoms with Crippen LogP contribution < -0.4 is 10.2 Å². The molecule has 1 aromatic carbocycles. The maximum atomic E-state index is 13.1. The minimum Gasteiger partial charge on any atom is -0.352 e. The van der Waals surface area contributed by atoms with Gasteiger partial charge >= 0.3 is 0 Å². The molecule has 2 amide bonds. The first-order valence-corrected chi connectivity index (χ1v) is 7.50. The molecule has 8 heteroatoms. The first-order chi connectivity index (χ1) is 11.7. The number of halogens is 1. The van der Waals surface area contributed by atoms with Crippen molar-refractivity contribution in [2.75, 3.05) is 36.4 Å². The molecule has 1 aliphatic rings. The summed E-state index contributed by atoms with van der Waals surface area (Å²) in [6.45, 7) is 2.60. The number of piperazine rings is 1. The van der Waals surface area contributed by atoms with Crippen molar-refractivity contribution in [1.29, 1.82) is 0 Å². The molecule has 1 N–H and O–H groups in total. The van der Waals surface area contributed by atoms with Crippen molar-refractivity contribution in [1.82, 2.24) is 15.1 Å². The van der Waals surface area contributed by atoms with Crippen LogP contribution in [0, 0.1) is 5.82 Å². The largest absolute Gasteiger partial charge is 0.352 e. The van der Waals surface area contributed by atoms with Gasteiger partial charge in [-0.15, -0.1) is 10.2 Å². The van der Waals surface area contributed by atoms with Crippen LogP contribution in [-0.4, -0.2) is 53.6 Å². The third-order valence-electron chi connectivity index (χ3n) is 3.75. The minimum atomic E-state index is -0.453. The average Bonchev–Trinajstić information content (AvgIpc) is 2.62. The summed E-state index contributed by atoms with van der Waals surface area (Å²) < 4.78 is 13.1. The van der Waals surface area contributed by atoms with E-state index >= 15 is 0 Å². The van der Waals surface area contributed by atoms with Crippen LogP contribution in [0.4, 0.5) is 15.9 Å². The Morgan fingerprint density at radius 2 is 1.92 bits per heavy atom. The van der Waals surface area contributed by atoms with Gasteiger partial charge in [0.15, 0.2) is 11.5 Å². The van der Waals surface area contributed by atoms with Crippen LogP contribution in [0.1, 0.15) is 10.5 Å². The molecule has 1 aromatic heterocycles. The zero-order valence-electron chi connectivity index (χ0n) is 12.9. The van der Waals surface area contributed by atoms with Crippen LogP contribution >= 0.6 is 0 Å². The zero-order valence-corrected chi connectivity index (χ0v) is 12.9. The van der Waals surface area contributed by atoms with Crippen LogP contribution in [0.5, 0.6) is 0 Å². The number of amides is 2. The van der Waals surface area contributed by atoms with Gasteiger partial charge in [0.2, 0.25) is 6.41 Å². The van der Waals surface area contributed by atoms with Gasteiger partial charge in [-0.3, -0.25) is 9.59 Å². The highest BCUT2D eigenvalue weighted by molar-refractivity contribution is 6.02. The van der Waals surface area contributed by atoms with E-state index in [2.05, 4.69) is 15.5 Å². The van der Waals surface area contributed by atoms with E-state index < -0.39 is 11.7 Å². The number of benzene rings is 1. The highest BCUT2D eigenvalue weighted by atomic mass is 19.1. The summed E-state index contributed by atoms with van der Waals surface area (Å²) >= 11 is 0. The van der Waals surface area contributed by atoms with E-state index in [1.54, 1.807) is 23.1 Å². The molecular formula is C16H16FN5O2. The van der Waals surface area contributed by atoms with E-state index in [9.17, 15) is 14.0 Å². The standard InChI is InChI=1S/C16H16FN5O2/c17-12-2-1-3-13(10-12)18-16(24)14-4-5-15(20-19-14)22-8-6-21(11-23)7-9-22/h1-5,10-11H,6-9H2,(H,18,24). The van der Waals surface area contributed by atoms with Crippen molar-refractivity contribution in [3.8, 4) is 0 Å². The number of rotatable bonds is 4. The summed E-state index contributed by atoms with van der Waals surface area (Å²) in [5.41, 5.74) is 0.505. The third-order valence-corrected chi connectivity index (χ3v) is 3.75. The lowest BCUT2D eigenvalue weighted by Gasteiger charge is -2.32. The monoisotopic (exact) mass is 329 g/mol. The van der Waals surface area contributed by atoms with Crippen LogP contribution in [0.25, 0.3) is 0 Å². The lowest BCUT2D eigenvalue weighted by atomic mass is 10.3. The highest BCUT2D eigenvalue weighted by Gasteiger charge is 2.17. The lowest BCUT2D eigenvalue weighted by Crippen LogP contribution is -2.46. The fraction of sp³-hybridized carbons (Fsp3) is 0.250. The predicted octanol–water partition coefficient (Wildman–Crippen LogP) is 1.15. The summed E-state index contributed by atoms with van der Waals surface area (Å²) in [6, 6.07) is 8.92. The molecule has 1 aliphatic heterocycles. The summed E-state index contributed by atoms with van der Waals surface area (Å²) in [4.78, 5) is 26.5. The van der Waals surface area contributed by atoms with E-state index in [4.69, 9.17) is 0 Å². The molecule has 124 valence electrons. The summed E-state index contributed by atoms with van der Waals surface area (Å²) in [7, 11) is 0. The van der Waals surface area contributed by atoms with E-state index in [-0.39, 0.29) is 5.69 Å². The van der Waals surface area contributed by atoms with Gasteiger partial charge < -0.3 is 15.1 Å². The predicted molar refractivity (Wildman–Crippen MR) is 86.2 cm³/mol. The number of anilines is 2. The fourth-order valence-electron chi connectivity index (χ4n) is 2.43. The number of carbonyl (C=O) groups is 2. The fourth-order valence-corrected chi connectivity index (χ4v) is 2.43. The number of hydrogen-bond acceptors (Lipinski definition) is 5. The van der Waals surface area contributed by atoms with Gasteiger partial charge in [0.1, 0.15) is 5.82 Å². The van der Waals surface area contributed by atoms with E-state index in [1.165, 1.54) is 18.2 Å². The molecule has 2 aromatic rings. The first-order valence-electron chi connectivity index (χ1n) is 7.50. The average molecular weight is 329 g/mol. The summed E-state index contributed by atoms with van der Waals surface area (Å²) in [6.07, 6.45) is 0.836. The third kappa shape index (κ3) is 3.65. The number of carbonyl (C=O) groups excluding carboxylic acids is 2. The number of aromatic nitrogens is 2. The quantitative estimate of drug-likeness (QED) is 0.851. The van der Waals surface area contributed by atoms with Gasteiger partial charge in [0.05, 0.1) is 0 Å². The van der Waals surface area contributed by atoms with Crippen molar-refractivity contribution in [3.05, 3.63) is 47.9 Å². The van der Waals surface area contributed by atoms with E-state index in [1.807, 2.05) is 4.90 Å². The molecule has 0 radical (unpaired) electrons. The SMILES string of the molecule is O=CN1CCN(c2ccc(C(=O)Nc3cccc(F)c3)nn2)CC1. The molecule has 0 aliphatic carbocycles. The van der Waals surface area contributed by atoms with Crippen LogP contribution in [0.2, 0.25) is 0 Å². The molecule has 0 saturated carbocycles. The number of nitrogens with zero attached hydrogens (tertiary/aromatic N) is 4. The van der Waals surface area contributed by atoms with E-state index in [0.29, 0.717) is 37.7 Å². The summed E-state index contributed by atoms with van der Waals surface area (Å²) in [5.74, 6) is -0.225. The van der Waals surface area contributed by atoms with Gasteiger partial charge in [-0.2, -0.15) is 0 Å². The second kappa shape index (κ2) is 7.03. The van der Waals surface area contributed by atoms with Gasteiger partial charge in [-0.1, -0.05) is 6.07 Å². The van der Waals surface area contributed by atoms with Gasteiger partial charge in [-0.25, -0.2) is 4.39 Å². The Morgan fingerprint density at radius 1 is 1.12 bits per heavy atom. The normalized spacial score (nSPS) is 14.4. The zero-order chi connectivity index (χ0) is 16.9. The molecule has 3 rings (SSSR count). The molecule has 2 heterocycles. The molecule has 0 spiro atoms. The highest BCUT2D eigenvalue weighted by Crippen LogP contribution is 2.14. The summed E-state index contributed by atoms with van der Waals surface area (Å²) in [5, 5.41) is 10.6. The molecule has 1 saturated heterocycles. The molecule has 0 unspecified atom stereocenters. The molecular weight excluding hydrogens is 313 g/mol. The first kappa shape index (κ1) is 15.9. The van der Waals surface area contributed by atoms with Crippen molar-refractivity contribution in [3.63, 3.8) is 0 Å². The Kier molecular flexibility index (Phi) is 4.64. The Morgan fingerprint density at radius 3 is 2.54 bits per heavy atom. The van der Waals surface area contributed by atoms with Crippen molar-refractivity contribution >= 4 is 23.8 Å². The molecule has 7 nitrogen and oxygen atoms in total. The van der Waals surface area contributed by atoms with Crippen molar-refractivity contribution < 1.29 is 14.0 Å². The van der Waals surface area contributed by atoms with Crippen LogP contribution in [-0.2, 0) is 4.79 Å².